The number of hydrogen-bond donors (Lipinski definition) is 1. The topological polar surface area (TPSA) is 34.1 Å². The highest BCUT2D eigenvalue weighted by molar-refractivity contribution is 5.36. The van der Waals surface area contributed by atoms with Crippen LogP contribution in [0.15, 0.2) is 42.6 Å². The van der Waals surface area contributed by atoms with Crippen molar-refractivity contribution < 1.29 is 4.74 Å². The SMILES string of the molecule is CCCOc1ccc(C(NC)c2cccnc2C)cc1. The number of rotatable bonds is 6. The average molecular weight is 270 g/mol. The van der Waals surface area contributed by atoms with Crippen LogP contribution in [0, 0.1) is 6.92 Å². The molecule has 0 saturated carbocycles. The molecule has 1 aromatic heterocycles. The van der Waals surface area contributed by atoms with Gasteiger partial charge in [0.1, 0.15) is 5.75 Å². The van der Waals surface area contributed by atoms with Gasteiger partial charge in [-0.3, -0.25) is 4.98 Å². The van der Waals surface area contributed by atoms with Crippen LogP contribution in [0.1, 0.15) is 36.2 Å². The number of aryl methyl sites for hydroxylation is 1. The summed E-state index contributed by atoms with van der Waals surface area (Å²) in [4.78, 5) is 4.37. The molecule has 1 N–H and O–H groups in total. The number of nitrogens with zero attached hydrogens (tertiary/aromatic N) is 1. The van der Waals surface area contributed by atoms with Crippen molar-refractivity contribution in [3.05, 3.63) is 59.4 Å². The van der Waals surface area contributed by atoms with Gasteiger partial charge in [-0.05, 0) is 49.7 Å². The fraction of sp³-hybridized carbons (Fsp3) is 0.353. The van der Waals surface area contributed by atoms with E-state index in [-0.39, 0.29) is 6.04 Å². The van der Waals surface area contributed by atoms with E-state index in [1.54, 1.807) is 0 Å². The minimum Gasteiger partial charge on any atom is -0.494 e. The number of aromatic nitrogens is 1. The zero-order valence-electron chi connectivity index (χ0n) is 12.4. The van der Waals surface area contributed by atoms with E-state index in [1.807, 2.05) is 38.4 Å². The molecule has 0 aliphatic carbocycles. The number of pyridine rings is 1. The Labute approximate surface area is 121 Å². The minimum absolute atomic E-state index is 0.156. The van der Waals surface area contributed by atoms with Crippen LogP contribution in [0.25, 0.3) is 0 Å². The third-order valence-electron chi connectivity index (χ3n) is 3.33. The van der Waals surface area contributed by atoms with Crippen LogP contribution in [-0.2, 0) is 0 Å². The molecule has 2 aromatic rings. The highest BCUT2D eigenvalue weighted by Gasteiger charge is 2.14. The normalized spacial score (nSPS) is 12.2. The molecule has 3 heteroatoms. The quantitative estimate of drug-likeness (QED) is 0.872. The smallest absolute Gasteiger partial charge is 0.119 e. The van der Waals surface area contributed by atoms with Crippen LogP contribution in [-0.4, -0.2) is 18.6 Å². The standard InChI is InChI=1S/C17H22N2O/c1-4-12-20-15-9-7-14(8-10-15)17(18-3)16-6-5-11-19-13(16)2/h5-11,17-18H,4,12H2,1-3H3. The predicted molar refractivity (Wildman–Crippen MR) is 82.1 cm³/mol. The van der Waals surface area contributed by atoms with Crippen molar-refractivity contribution >= 4 is 0 Å². The molecule has 0 aliphatic heterocycles. The van der Waals surface area contributed by atoms with E-state index in [4.69, 9.17) is 4.74 Å². The molecule has 0 aliphatic rings. The van der Waals surface area contributed by atoms with Crippen LogP contribution >= 0.6 is 0 Å². The highest BCUT2D eigenvalue weighted by Crippen LogP contribution is 2.25. The Hall–Kier alpha value is -1.87. The Morgan fingerprint density at radius 3 is 2.55 bits per heavy atom. The molecule has 2 rings (SSSR count). The summed E-state index contributed by atoms with van der Waals surface area (Å²) in [6.07, 6.45) is 2.85. The second-order valence-electron chi connectivity index (χ2n) is 4.82. The highest BCUT2D eigenvalue weighted by atomic mass is 16.5. The minimum atomic E-state index is 0.156. The monoisotopic (exact) mass is 270 g/mol. The van der Waals surface area contributed by atoms with E-state index in [2.05, 4.69) is 35.4 Å². The first-order valence-electron chi connectivity index (χ1n) is 7.07. The number of ether oxygens (including phenoxy) is 1. The molecular weight excluding hydrogens is 248 g/mol. The van der Waals surface area contributed by atoms with Gasteiger partial charge in [-0.1, -0.05) is 25.1 Å². The fourth-order valence-electron chi connectivity index (χ4n) is 2.28. The summed E-state index contributed by atoms with van der Waals surface area (Å²) in [5, 5.41) is 3.36. The largest absolute Gasteiger partial charge is 0.494 e. The summed E-state index contributed by atoms with van der Waals surface area (Å²) in [7, 11) is 1.97. The van der Waals surface area contributed by atoms with Crippen LogP contribution < -0.4 is 10.1 Å². The second kappa shape index (κ2) is 7.06. The van der Waals surface area contributed by atoms with Gasteiger partial charge in [0.2, 0.25) is 0 Å². The van der Waals surface area contributed by atoms with Gasteiger partial charge in [-0.25, -0.2) is 0 Å². The summed E-state index contributed by atoms with van der Waals surface area (Å²) in [5.74, 6) is 0.924. The van der Waals surface area contributed by atoms with Crippen molar-refractivity contribution in [2.75, 3.05) is 13.7 Å². The van der Waals surface area contributed by atoms with Crippen LogP contribution in [0.2, 0.25) is 0 Å². The molecule has 0 saturated heterocycles. The summed E-state index contributed by atoms with van der Waals surface area (Å²) in [5.41, 5.74) is 3.47. The molecule has 0 spiro atoms. The molecule has 106 valence electrons. The molecule has 0 bridgehead atoms. The van der Waals surface area contributed by atoms with Crippen molar-refractivity contribution in [2.45, 2.75) is 26.3 Å². The zero-order chi connectivity index (χ0) is 14.4. The molecule has 20 heavy (non-hydrogen) atoms. The first-order valence-corrected chi connectivity index (χ1v) is 7.07. The Bertz CT molecular complexity index is 537. The van der Waals surface area contributed by atoms with Crippen LogP contribution in [0.3, 0.4) is 0 Å². The Kier molecular flexibility index (Phi) is 5.13. The number of hydrogen-bond acceptors (Lipinski definition) is 3. The van der Waals surface area contributed by atoms with Crippen molar-refractivity contribution in [1.82, 2.24) is 10.3 Å². The Morgan fingerprint density at radius 2 is 1.95 bits per heavy atom. The van der Waals surface area contributed by atoms with Crippen molar-refractivity contribution in [2.24, 2.45) is 0 Å². The average Bonchev–Trinajstić information content (AvgIpc) is 2.49. The number of benzene rings is 1. The Balaban J connectivity index is 2.22. The lowest BCUT2D eigenvalue weighted by atomic mass is 9.98. The van der Waals surface area contributed by atoms with Crippen molar-refractivity contribution in [3.63, 3.8) is 0 Å². The van der Waals surface area contributed by atoms with Crippen molar-refractivity contribution in [3.8, 4) is 5.75 Å². The van der Waals surface area contributed by atoms with E-state index in [9.17, 15) is 0 Å². The van der Waals surface area contributed by atoms with Gasteiger partial charge >= 0.3 is 0 Å². The van der Waals surface area contributed by atoms with Gasteiger partial charge in [0, 0.05) is 11.9 Å². The van der Waals surface area contributed by atoms with E-state index >= 15 is 0 Å². The summed E-state index contributed by atoms with van der Waals surface area (Å²) in [6, 6.07) is 12.5. The second-order valence-corrected chi connectivity index (χ2v) is 4.82. The maximum Gasteiger partial charge on any atom is 0.119 e. The lowest BCUT2D eigenvalue weighted by Crippen LogP contribution is -2.19. The molecule has 1 atom stereocenters. The first kappa shape index (κ1) is 14.5. The lowest BCUT2D eigenvalue weighted by molar-refractivity contribution is 0.317. The molecule has 0 fully saturated rings. The van der Waals surface area contributed by atoms with Gasteiger partial charge in [-0.15, -0.1) is 0 Å². The Morgan fingerprint density at radius 1 is 1.20 bits per heavy atom. The summed E-state index contributed by atoms with van der Waals surface area (Å²) in [6.45, 7) is 4.91. The summed E-state index contributed by atoms with van der Waals surface area (Å²) >= 11 is 0. The molecule has 1 aromatic carbocycles. The maximum absolute atomic E-state index is 5.62. The summed E-state index contributed by atoms with van der Waals surface area (Å²) < 4.78 is 5.62. The maximum atomic E-state index is 5.62. The predicted octanol–water partition coefficient (Wildman–Crippen LogP) is 3.49. The van der Waals surface area contributed by atoms with Gasteiger partial charge in [0.15, 0.2) is 0 Å². The molecule has 0 radical (unpaired) electrons. The molecule has 3 nitrogen and oxygen atoms in total. The molecule has 1 heterocycles. The zero-order valence-corrected chi connectivity index (χ0v) is 12.4. The van der Waals surface area contributed by atoms with E-state index in [0.717, 1.165) is 24.5 Å². The van der Waals surface area contributed by atoms with E-state index < -0.39 is 0 Å². The third kappa shape index (κ3) is 3.36. The van der Waals surface area contributed by atoms with Gasteiger partial charge < -0.3 is 10.1 Å². The number of nitrogens with one attached hydrogen (secondary N) is 1. The first-order chi connectivity index (χ1) is 9.76. The van der Waals surface area contributed by atoms with Gasteiger partial charge in [0.05, 0.1) is 12.6 Å². The molecule has 0 amide bonds. The molecular formula is C17H22N2O. The molecule has 1 unspecified atom stereocenters. The van der Waals surface area contributed by atoms with Gasteiger partial charge in [0.25, 0.3) is 0 Å². The van der Waals surface area contributed by atoms with E-state index in [0.29, 0.717) is 0 Å². The van der Waals surface area contributed by atoms with Gasteiger partial charge in [-0.2, -0.15) is 0 Å². The lowest BCUT2D eigenvalue weighted by Gasteiger charge is -2.19. The van der Waals surface area contributed by atoms with E-state index in [1.165, 1.54) is 11.1 Å². The fourth-order valence-corrected chi connectivity index (χ4v) is 2.28. The third-order valence-corrected chi connectivity index (χ3v) is 3.33. The van der Waals surface area contributed by atoms with Crippen LogP contribution in [0.4, 0.5) is 0 Å². The van der Waals surface area contributed by atoms with Crippen molar-refractivity contribution in [1.29, 1.82) is 0 Å². The van der Waals surface area contributed by atoms with Crippen LogP contribution in [0.5, 0.6) is 5.75 Å².